The number of hydrogen-bond donors (Lipinski definition) is 1. The predicted molar refractivity (Wildman–Crippen MR) is 95.1 cm³/mol. The van der Waals surface area contributed by atoms with Crippen LogP contribution in [0.4, 0.5) is 0 Å². The molecule has 0 heterocycles. The molecule has 1 rings (SSSR count). The van der Waals surface area contributed by atoms with E-state index in [4.69, 9.17) is 4.74 Å². The number of benzene rings is 1. The van der Waals surface area contributed by atoms with E-state index in [9.17, 15) is 8.42 Å². The summed E-state index contributed by atoms with van der Waals surface area (Å²) in [6.45, 7) is 8.44. The van der Waals surface area contributed by atoms with Gasteiger partial charge in [-0.25, -0.2) is 13.1 Å². The number of unbranched alkanes of at least 4 members (excludes halogenated alkanes) is 3. The molecule has 0 aromatic heterocycles. The molecule has 0 aliphatic heterocycles. The highest BCUT2D eigenvalue weighted by molar-refractivity contribution is 7.89. The van der Waals surface area contributed by atoms with Gasteiger partial charge in [0.05, 0.1) is 17.6 Å². The quantitative estimate of drug-likeness (QED) is 0.618. The van der Waals surface area contributed by atoms with Gasteiger partial charge >= 0.3 is 0 Å². The number of nitrogens with one attached hydrogen (secondary N) is 1. The summed E-state index contributed by atoms with van der Waals surface area (Å²) < 4.78 is 33.5. The van der Waals surface area contributed by atoms with E-state index in [1.54, 1.807) is 12.1 Å². The van der Waals surface area contributed by atoms with Crippen LogP contribution < -0.4 is 4.72 Å². The minimum Gasteiger partial charge on any atom is -0.377 e. The van der Waals surface area contributed by atoms with Crippen LogP contribution >= 0.6 is 0 Å². The number of ether oxygens (including phenoxy) is 1. The third-order valence-corrected chi connectivity index (χ3v) is 5.23. The van der Waals surface area contributed by atoms with Crippen LogP contribution in [0.3, 0.4) is 0 Å². The lowest BCUT2D eigenvalue weighted by atomic mass is 10.1. The Balaban J connectivity index is 2.70. The maximum atomic E-state index is 12.5. The molecule has 0 amide bonds. The molecule has 0 aliphatic carbocycles. The summed E-state index contributed by atoms with van der Waals surface area (Å²) in [7, 11) is -3.50. The molecular weight excluding hydrogens is 310 g/mol. The van der Waals surface area contributed by atoms with E-state index in [2.05, 4.69) is 11.6 Å². The van der Waals surface area contributed by atoms with Crippen LogP contribution in [-0.2, 0) is 14.8 Å². The van der Waals surface area contributed by atoms with E-state index in [1.165, 1.54) is 12.8 Å². The molecule has 0 bridgehead atoms. The first kappa shape index (κ1) is 20.1. The van der Waals surface area contributed by atoms with Crippen LogP contribution in [0.1, 0.15) is 58.4 Å². The topological polar surface area (TPSA) is 55.4 Å². The lowest BCUT2D eigenvalue weighted by Gasteiger charge is -2.20. The second-order valence-corrected chi connectivity index (χ2v) is 8.08. The minimum absolute atomic E-state index is 0.0945. The minimum atomic E-state index is -3.50. The zero-order valence-corrected chi connectivity index (χ0v) is 15.7. The molecule has 1 aromatic rings. The molecule has 0 spiro atoms. The van der Waals surface area contributed by atoms with Gasteiger partial charge < -0.3 is 4.74 Å². The Hall–Kier alpha value is -0.910. The molecule has 0 radical (unpaired) electrons. The van der Waals surface area contributed by atoms with Gasteiger partial charge in [-0.3, -0.25) is 0 Å². The van der Waals surface area contributed by atoms with Gasteiger partial charge in [0.25, 0.3) is 0 Å². The molecule has 0 aliphatic rings. The number of sulfonamides is 1. The van der Waals surface area contributed by atoms with Crippen molar-refractivity contribution in [3.63, 3.8) is 0 Å². The zero-order valence-electron chi connectivity index (χ0n) is 14.8. The monoisotopic (exact) mass is 341 g/mol. The molecule has 1 aromatic carbocycles. The van der Waals surface area contributed by atoms with Crippen LogP contribution in [0.15, 0.2) is 29.2 Å². The lowest BCUT2D eigenvalue weighted by molar-refractivity contribution is 0.0634. The second kappa shape index (κ2) is 10.1. The Morgan fingerprint density at radius 1 is 1.09 bits per heavy atom. The van der Waals surface area contributed by atoms with Crippen molar-refractivity contribution in [2.24, 2.45) is 0 Å². The summed E-state index contributed by atoms with van der Waals surface area (Å²) in [6.07, 6.45) is 5.39. The molecule has 1 atom stereocenters. The van der Waals surface area contributed by atoms with Crippen LogP contribution in [0.5, 0.6) is 0 Å². The van der Waals surface area contributed by atoms with Crippen molar-refractivity contribution in [1.82, 2.24) is 4.72 Å². The van der Waals surface area contributed by atoms with Gasteiger partial charge in [0.15, 0.2) is 0 Å². The van der Waals surface area contributed by atoms with Gasteiger partial charge in [0.1, 0.15) is 0 Å². The largest absolute Gasteiger partial charge is 0.377 e. The first-order valence-electron chi connectivity index (χ1n) is 8.55. The molecule has 0 saturated carbocycles. The fourth-order valence-corrected chi connectivity index (χ4v) is 3.56. The SMILES string of the molecule is CCCCCC[C@@H](COC(C)C)NS(=O)(=O)c1ccc(C)cc1. The van der Waals surface area contributed by atoms with E-state index in [-0.39, 0.29) is 12.1 Å². The van der Waals surface area contributed by atoms with Crippen molar-refractivity contribution in [3.05, 3.63) is 29.8 Å². The standard InChI is InChI=1S/C18H31NO3S/c1-5-6-7-8-9-17(14-22-15(2)3)19-23(20,21)18-12-10-16(4)11-13-18/h10-13,15,17,19H,5-9,14H2,1-4H3/t17-/m0/s1. The molecule has 1 N–H and O–H groups in total. The van der Waals surface area contributed by atoms with E-state index in [0.29, 0.717) is 11.5 Å². The third kappa shape index (κ3) is 7.95. The second-order valence-electron chi connectivity index (χ2n) is 6.36. The van der Waals surface area contributed by atoms with Gasteiger partial charge in [-0.05, 0) is 39.3 Å². The van der Waals surface area contributed by atoms with Gasteiger partial charge in [-0.1, -0.05) is 50.3 Å². The van der Waals surface area contributed by atoms with E-state index in [0.717, 1.165) is 24.8 Å². The third-order valence-electron chi connectivity index (χ3n) is 3.69. The molecule has 0 saturated heterocycles. The fourth-order valence-electron chi connectivity index (χ4n) is 2.31. The van der Waals surface area contributed by atoms with Crippen molar-refractivity contribution in [3.8, 4) is 0 Å². The molecule has 0 fully saturated rings. The normalized spacial score (nSPS) is 13.4. The van der Waals surface area contributed by atoms with Gasteiger partial charge in [0.2, 0.25) is 10.0 Å². The van der Waals surface area contributed by atoms with Crippen molar-refractivity contribution >= 4 is 10.0 Å². The highest BCUT2D eigenvalue weighted by Gasteiger charge is 2.20. The summed E-state index contributed by atoms with van der Waals surface area (Å²) in [5.41, 5.74) is 1.04. The summed E-state index contributed by atoms with van der Waals surface area (Å²) >= 11 is 0. The molecule has 132 valence electrons. The van der Waals surface area contributed by atoms with Crippen LogP contribution in [-0.4, -0.2) is 27.2 Å². The van der Waals surface area contributed by atoms with E-state index >= 15 is 0 Å². The smallest absolute Gasteiger partial charge is 0.240 e. The van der Waals surface area contributed by atoms with Gasteiger partial charge in [0, 0.05) is 6.04 Å². The van der Waals surface area contributed by atoms with Crippen molar-refractivity contribution in [2.75, 3.05) is 6.61 Å². The summed E-state index contributed by atoms with van der Waals surface area (Å²) in [4.78, 5) is 0.311. The predicted octanol–water partition coefficient (Wildman–Crippen LogP) is 4.04. The summed E-state index contributed by atoms with van der Waals surface area (Å²) in [5.74, 6) is 0. The molecule has 0 unspecified atom stereocenters. The Morgan fingerprint density at radius 3 is 2.30 bits per heavy atom. The average molecular weight is 342 g/mol. The number of rotatable bonds is 11. The molecular formula is C18H31NO3S. The van der Waals surface area contributed by atoms with Gasteiger partial charge in [-0.15, -0.1) is 0 Å². The van der Waals surface area contributed by atoms with E-state index in [1.807, 2.05) is 32.9 Å². The van der Waals surface area contributed by atoms with Gasteiger partial charge in [-0.2, -0.15) is 0 Å². The summed E-state index contributed by atoms with van der Waals surface area (Å²) in [5, 5.41) is 0. The van der Waals surface area contributed by atoms with E-state index < -0.39 is 10.0 Å². The highest BCUT2D eigenvalue weighted by Crippen LogP contribution is 2.13. The van der Waals surface area contributed by atoms with Crippen LogP contribution in [0, 0.1) is 6.92 Å². The molecule has 4 nitrogen and oxygen atoms in total. The Bertz CT molecular complexity index is 538. The van der Waals surface area contributed by atoms with Crippen molar-refractivity contribution in [2.45, 2.75) is 76.8 Å². The lowest BCUT2D eigenvalue weighted by Crippen LogP contribution is -2.38. The zero-order chi connectivity index (χ0) is 17.3. The molecule has 23 heavy (non-hydrogen) atoms. The average Bonchev–Trinajstić information content (AvgIpc) is 2.49. The Labute approximate surface area is 141 Å². The maximum Gasteiger partial charge on any atom is 0.240 e. The maximum absolute atomic E-state index is 12.5. The van der Waals surface area contributed by atoms with Crippen molar-refractivity contribution in [1.29, 1.82) is 0 Å². The first-order valence-corrected chi connectivity index (χ1v) is 10.0. The Kier molecular flexibility index (Phi) is 8.81. The number of hydrogen-bond acceptors (Lipinski definition) is 3. The van der Waals surface area contributed by atoms with Crippen molar-refractivity contribution < 1.29 is 13.2 Å². The highest BCUT2D eigenvalue weighted by atomic mass is 32.2. The first-order chi connectivity index (χ1) is 10.8. The molecule has 5 heteroatoms. The van der Waals surface area contributed by atoms with Crippen LogP contribution in [0.25, 0.3) is 0 Å². The van der Waals surface area contributed by atoms with Crippen LogP contribution in [0.2, 0.25) is 0 Å². The number of aryl methyl sites for hydroxylation is 1. The summed E-state index contributed by atoms with van der Waals surface area (Å²) in [6, 6.07) is 6.75. The Morgan fingerprint density at radius 2 is 1.74 bits per heavy atom. The fraction of sp³-hybridized carbons (Fsp3) is 0.667.